The van der Waals surface area contributed by atoms with Crippen LogP contribution < -0.4 is 15.1 Å². The van der Waals surface area contributed by atoms with Crippen LogP contribution in [0, 0.1) is 6.92 Å². The van der Waals surface area contributed by atoms with E-state index in [2.05, 4.69) is 32.4 Å². The molecule has 3 aromatic rings. The number of hydrogen-bond acceptors (Lipinski definition) is 6. The van der Waals surface area contributed by atoms with Crippen molar-refractivity contribution in [2.45, 2.75) is 38.8 Å². The zero-order chi connectivity index (χ0) is 20.7. The van der Waals surface area contributed by atoms with Gasteiger partial charge in [0.1, 0.15) is 5.82 Å². The zero-order valence-corrected chi connectivity index (χ0v) is 17.2. The molecule has 1 saturated carbocycles. The summed E-state index contributed by atoms with van der Waals surface area (Å²) in [5.74, 6) is 1.58. The van der Waals surface area contributed by atoms with Crippen molar-refractivity contribution in [3.63, 3.8) is 0 Å². The highest BCUT2D eigenvalue weighted by atomic mass is 16.1. The Bertz CT molecular complexity index is 1070. The first-order chi connectivity index (χ1) is 14.6. The molecule has 3 heterocycles. The van der Waals surface area contributed by atoms with E-state index in [4.69, 9.17) is 4.98 Å². The Morgan fingerprint density at radius 3 is 2.70 bits per heavy atom. The lowest BCUT2D eigenvalue weighted by atomic mass is 10.2. The molecule has 0 atom stereocenters. The number of nitrogens with zero attached hydrogens (tertiary/aromatic N) is 6. The summed E-state index contributed by atoms with van der Waals surface area (Å²) >= 11 is 0. The number of aromatic nitrogens is 4. The second kappa shape index (κ2) is 7.44. The van der Waals surface area contributed by atoms with Gasteiger partial charge in [-0.2, -0.15) is 10.1 Å². The van der Waals surface area contributed by atoms with E-state index >= 15 is 0 Å². The normalized spacial score (nSPS) is 15.2. The van der Waals surface area contributed by atoms with E-state index in [1.807, 2.05) is 37.2 Å². The standard InChI is InChI=1S/C22H25N7O/c1-15-20-9-10-28(21(20)26-22(24-15)25-17-11-23-27(2)13-17)12-16-3-5-18(6-4-16)29(14-30)19-7-8-19/h3-6,11,13-14,19H,7-10,12H2,1-2H3,(H,24,25,26). The van der Waals surface area contributed by atoms with Crippen LogP contribution in [0.2, 0.25) is 0 Å². The topological polar surface area (TPSA) is 79.2 Å². The minimum atomic E-state index is 0.379. The Hall–Kier alpha value is -3.42. The molecule has 0 spiro atoms. The summed E-state index contributed by atoms with van der Waals surface area (Å²) in [4.78, 5) is 24.9. The van der Waals surface area contributed by atoms with E-state index in [-0.39, 0.29) is 0 Å². The maximum atomic E-state index is 11.4. The van der Waals surface area contributed by atoms with E-state index in [1.54, 1.807) is 10.9 Å². The highest BCUT2D eigenvalue weighted by Crippen LogP contribution is 2.32. The number of aryl methyl sites for hydroxylation is 2. The largest absolute Gasteiger partial charge is 0.352 e. The first-order valence-corrected chi connectivity index (χ1v) is 10.3. The zero-order valence-electron chi connectivity index (χ0n) is 17.2. The summed E-state index contributed by atoms with van der Waals surface area (Å²) in [6.45, 7) is 3.74. The van der Waals surface area contributed by atoms with Crippen molar-refractivity contribution < 1.29 is 4.79 Å². The quantitative estimate of drug-likeness (QED) is 0.611. The highest BCUT2D eigenvalue weighted by molar-refractivity contribution is 5.76. The average Bonchev–Trinajstić information content (AvgIpc) is 3.36. The molecule has 5 rings (SSSR count). The van der Waals surface area contributed by atoms with Gasteiger partial charge in [0.05, 0.1) is 11.9 Å². The molecule has 1 fully saturated rings. The van der Waals surface area contributed by atoms with Crippen molar-refractivity contribution in [3.8, 4) is 0 Å². The maximum absolute atomic E-state index is 11.4. The van der Waals surface area contributed by atoms with Crippen molar-refractivity contribution in [2.75, 3.05) is 21.7 Å². The van der Waals surface area contributed by atoms with Crippen molar-refractivity contribution in [1.29, 1.82) is 0 Å². The Kier molecular flexibility index (Phi) is 4.61. The van der Waals surface area contributed by atoms with Crippen LogP contribution in [-0.2, 0) is 24.8 Å². The third-order valence-corrected chi connectivity index (χ3v) is 5.75. The molecule has 1 aliphatic carbocycles. The molecule has 30 heavy (non-hydrogen) atoms. The van der Waals surface area contributed by atoms with Gasteiger partial charge in [-0.05, 0) is 43.9 Å². The highest BCUT2D eigenvalue weighted by Gasteiger charge is 2.29. The number of benzene rings is 1. The molecule has 1 aliphatic heterocycles. The van der Waals surface area contributed by atoms with E-state index in [9.17, 15) is 4.79 Å². The number of carbonyl (C=O) groups excluding carboxylic acids is 1. The molecule has 0 radical (unpaired) electrons. The molecular formula is C22H25N7O. The number of hydrogen-bond donors (Lipinski definition) is 1. The van der Waals surface area contributed by atoms with E-state index < -0.39 is 0 Å². The van der Waals surface area contributed by atoms with Crippen molar-refractivity contribution in [2.24, 2.45) is 7.05 Å². The molecule has 8 heteroatoms. The first kappa shape index (κ1) is 18.6. The minimum Gasteiger partial charge on any atom is -0.352 e. The lowest BCUT2D eigenvalue weighted by molar-refractivity contribution is -0.107. The van der Waals surface area contributed by atoms with Crippen LogP contribution in [0.5, 0.6) is 0 Å². The van der Waals surface area contributed by atoms with Gasteiger partial charge in [0.25, 0.3) is 0 Å². The van der Waals surface area contributed by atoms with Gasteiger partial charge in [0.2, 0.25) is 12.4 Å². The lowest BCUT2D eigenvalue weighted by Crippen LogP contribution is -2.23. The number of rotatable bonds is 7. The molecule has 2 aromatic heterocycles. The SMILES string of the molecule is Cc1nc(Nc2cnn(C)c2)nc2c1CCN2Cc1ccc(N(C=O)C2CC2)cc1. The van der Waals surface area contributed by atoms with Crippen LogP contribution >= 0.6 is 0 Å². The molecule has 8 nitrogen and oxygen atoms in total. The number of anilines is 4. The second-order valence-corrected chi connectivity index (χ2v) is 8.04. The molecule has 0 bridgehead atoms. The maximum Gasteiger partial charge on any atom is 0.229 e. The van der Waals surface area contributed by atoms with Crippen LogP contribution in [0.25, 0.3) is 0 Å². The third kappa shape index (κ3) is 3.60. The Morgan fingerprint density at radius 1 is 1.23 bits per heavy atom. The van der Waals surface area contributed by atoms with Crippen LogP contribution in [0.15, 0.2) is 36.7 Å². The van der Waals surface area contributed by atoms with Crippen LogP contribution in [0.3, 0.4) is 0 Å². The van der Waals surface area contributed by atoms with Crippen molar-refractivity contribution >= 4 is 29.6 Å². The lowest BCUT2D eigenvalue weighted by Gasteiger charge is -2.21. The monoisotopic (exact) mass is 403 g/mol. The molecule has 2 aliphatic rings. The predicted molar refractivity (Wildman–Crippen MR) is 116 cm³/mol. The first-order valence-electron chi connectivity index (χ1n) is 10.3. The molecule has 0 unspecified atom stereocenters. The number of nitrogens with one attached hydrogen (secondary N) is 1. The van der Waals surface area contributed by atoms with Crippen molar-refractivity contribution in [3.05, 3.63) is 53.5 Å². The average molecular weight is 403 g/mol. The third-order valence-electron chi connectivity index (χ3n) is 5.75. The fourth-order valence-corrected chi connectivity index (χ4v) is 4.02. The van der Waals surface area contributed by atoms with Gasteiger partial charge in [-0.15, -0.1) is 0 Å². The van der Waals surface area contributed by atoms with E-state index in [1.165, 1.54) is 11.1 Å². The van der Waals surface area contributed by atoms with Gasteiger partial charge >= 0.3 is 0 Å². The number of fused-ring (bicyclic) bond motifs is 1. The molecule has 0 saturated heterocycles. The van der Waals surface area contributed by atoms with Gasteiger partial charge in [-0.3, -0.25) is 9.48 Å². The summed E-state index contributed by atoms with van der Waals surface area (Å²) in [5, 5.41) is 7.43. The van der Waals surface area contributed by atoms with Gasteiger partial charge in [0.15, 0.2) is 0 Å². The van der Waals surface area contributed by atoms with Crippen LogP contribution in [0.4, 0.5) is 23.1 Å². The Balaban J connectivity index is 1.34. The summed E-state index contributed by atoms with van der Waals surface area (Å²) in [5.41, 5.74) is 5.26. The summed E-state index contributed by atoms with van der Waals surface area (Å²) < 4.78 is 1.74. The van der Waals surface area contributed by atoms with Gasteiger partial charge in [-0.25, -0.2) is 4.98 Å². The second-order valence-electron chi connectivity index (χ2n) is 8.04. The van der Waals surface area contributed by atoms with Crippen LogP contribution in [0.1, 0.15) is 29.7 Å². The molecular weight excluding hydrogens is 378 g/mol. The Morgan fingerprint density at radius 2 is 2.03 bits per heavy atom. The van der Waals surface area contributed by atoms with Gasteiger partial charge in [0, 0.05) is 49.3 Å². The molecule has 1 aromatic carbocycles. The van der Waals surface area contributed by atoms with Gasteiger partial charge in [-0.1, -0.05) is 12.1 Å². The molecule has 1 N–H and O–H groups in total. The van der Waals surface area contributed by atoms with E-state index in [0.29, 0.717) is 12.0 Å². The fraction of sp³-hybridized carbons (Fsp3) is 0.364. The number of amides is 1. The Labute approximate surface area is 175 Å². The fourth-order valence-electron chi connectivity index (χ4n) is 4.02. The number of carbonyl (C=O) groups is 1. The van der Waals surface area contributed by atoms with Crippen molar-refractivity contribution in [1.82, 2.24) is 19.7 Å². The summed E-state index contributed by atoms with van der Waals surface area (Å²) in [7, 11) is 1.88. The molecule has 154 valence electrons. The summed E-state index contributed by atoms with van der Waals surface area (Å²) in [6.07, 6.45) is 7.75. The predicted octanol–water partition coefficient (Wildman–Crippen LogP) is 2.95. The van der Waals surface area contributed by atoms with E-state index in [0.717, 1.165) is 61.6 Å². The molecule has 1 amide bonds. The smallest absolute Gasteiger partial charge is 0.229 e. The minimum absolute atomic E-state index is 0.379. The van der Waals surface area contributed by atoms with Crippen LogP contribution in [-0.4, -0.2) is 38.7 Å². The summed E-state index contributed by atoms with van der Waals surface area (Å²) in [6, 6.07) is 8.67. The van der Waals surface area contributed by atoms with Gasteiger partial charge < -0.3 is 15.1 Å².